The molecule has 2 unspecified atom stereocenters. The first kappa shape index (κ1) is 14.9. The number of hydrogen-bond acceptors (Lipinski definition) is 4. The number of rotatable bonds is 6. The Hall–Kier alpha value is -0.130. The summed E-state index contributed by atoms with van der Waals surface area (Å²) in [5.74, 6) is -0.184. The zero-order valence-corrected chi connectivity index (χ0v) is 12.6. The summed E-state index contributed by atoms with van der Waals surface area (Å²) in [6, 6.07) is 0.641. The van der Waals surface area contributed by atoms with Gasteiger partial charge in [0.25, 0.3) is 0 Å². The van der Waals surface area contributed by atoms with E-state index in [1.807, 2.05) is 0 Å². The van der Waals surface area contributed by atoms with E-state index in [4.69, 9.17) is 4.74 Å². The van der Waals surface area contributed by atoms with E-state index >= 15 is 0 Å². The van der Waals surface area contributed by atoms with Crippen LogP contribution in [0.1, 0.15) is 20.3 Å². The van der Waals surface area contributed by atoms with E-state index < -0.39 is 0 Å². The highest BCUT2D eigenvalue weighted by Gasteiger charge is 2.28. The number of alkyl halides is 1. The summed E-state index contributed by atoms with van der Waals surface area (Å²) < 4.78 is 4.72. The Morgan fingerprint density at radius 2 is 2.18 bits per heavy atom. The highest BCUT2D eigenvalue weighted by atomic mass is 79.9. The van der Waals surface area contributed by atoms with Crippen molar-refractivity contribution in [2.75, 3.05) is 39.8 Å². The third-order valence-electron chi connectivity index (χ3n) is 3.45. The van der Waals surface area contributed by atoms with Crippen LogP contribution in [0.2, 0.25) is 0 Å². The smallest absolute Gasteiger partial charge is 0.320 e. The Balaban J connectivity index is 2.37. The summed E-state index contributed by atoms with van der Waals surface area (Å²) in [5.41, 5.74) is 0. The van der Waals surface area contributed by atoms with Gasteiger partial charge in [-0.2, -0.15) is 0 Å². The van der Waals surface area contributed by atoms with Crippen LogP contribution < -0.4 is 0 Å². The lowest BCUT2D eigenvalue weighted by atomic mass is 10.2. The number of carbonyl (C=O) groups excluding carboxylic acids is 1. The minimum absolute atomic E-state index is 0.184. The molecule has 1 heterocycles. The van der Waals surface area contributed by atoms with Crippen LogP contribution in [0.25, 0.3) is 0 Å². The molecule has 1 rings (SSSR count). The van der Waals surface area contributed by atoms with Crippen molar-refractivity contribution in [3.63, 3.8) is 0 Å². The summed E-state index contributed by atoms with van der Waals surface area (Å²) in [6.45, 7) is 9.47. The van der Waals surface area contributed by atoms with Gasteiger partial charge in [-0.15, -0.1) is 0 Å². The first-order chi connectivity index (χ1) is 8.12. The van der Waals surface area contributed by atoms with Crippen molar-refractivity contribution in [2.24, 2.45) is 0 Å². The van der Waals surface area contributed by atoms with E-state index in [1.54, 1.807) is 0 Å². The minimum Gasteiger partial charge on any atom is -0.468 e. The minimum atomic E-state index is -0.206. The molecule has 0 aromatic heterocycles. The maximum absolute atomic E-state index is 11.3. The number of likely N-dealkylation sites (N-methyl/N-ethyl adjacent to an activating group) is 1. The van der Waals surface area contributed by atoms with Gasteiger partial charge < -0.3 is 9.64 Å². The molecule has 0 aromatic carbocycles. The zero-order valence-electron chi connectivity index (χ0n) is 11.0. The second-order valence-electron chi connectivity index (χ2n) is 4.41. The van der Waals surface area contributed by atoms with Crippen LogP contribution >= 0.6 is 15.9 Å². The number of hydrogen-bond donors (Lipinski definition) is 0. The molecule has 100 valence electrons. The number of nitrogens with zero attached hydrogens (tertiary/aromatic N) is 2. The summed E-state index contributed by atoms with van der Waals surface area (Å²) in [5, 5.41) is 0. The van der Waals surface area contributed by atoms with E-state index in [-0.39, 0.29) is 10.8 Å². The van der Waals surface area contributed by atoms with Crippen molar-refractivity contribution in [3.05, 3.63) is 0 Å². The molecule has 1 fully saturated rings. The van der Waals surface area contributed by atoms with Crippen molar-refractivity contribution < 1.29 is 9.53 Å². The van der Waals surface area contributed by atoms with Crippen LogP contribution in [0.15, 0.2) is 0 Å². The fourth-order valence-electron chi connectivity index (χ4n) is 2.45. The Bertz CT molecular complexity index is 247. The van der Waals surface area contributed by atoms with E-state index in [1.165, 1.54) is 13.5 Å². The number of halogens is 1. The molecule has 4 nitrogen and oxygen atoms in total. The van der Waals surface area contributed by atoms with Gasteiger partial charge in [0, 0.05) is 19.1 Å². The number of esters is 1. The Morgan fingerprint density at radius 3 is 2.71 bits per heavy atom. The normalized spacial score (nSPS) is 23.0. The SMILES string of the molecule is CCN(CC)C1CCN(CC(Br)C(=O)OC)C1. The zero-order chi connectivity index (χ0) is 12.8. The average Bonchev–Trinajstić information content (AvgIpc) is 2.78. The highest BCUT2D eigenvalue weighted by molar-refractivity contribution is 9.10. The van der Waals surface area contributed by atoms with Crippen LogP contribution in [0.3, 0.4) is 0 Å². The van der Waals surface area contributed by atoms with Crippen molar-refractivity contribution in [2.45, 2.75) is 31.1 Å². The summed E-state index contributed by atoms with van der Waals surface area (Å²) >= 11 is 3.37. The van der Waals surface area contributed by atoms with Gasteiger partial charge in [0.15, 0.2) is 0 Å². The van der Waals surface area contributed by atoms with Gasteiger partial charge >= 0.3 is 5.97 Å². The second-order valence-corrected chi connectivity index (χ2v) is 5.52. The summed E-state index contributed by atoms with van der Waals surface area (Å²) in [6.07, 6.45) is 1.20. The van der Waals surface area contributed by atoms with Crippen molar-refractivity contribution in [3.8, 4) is 0 Å². The molecule has 2 atom stereocenters. The summed E-state index contributed by atoms with van der Waals surface area (Å²) in [4.78, 5) is 15.9. The molecule has 17 heavy (non-hydrogen) atoms. The van der Waals surface area contributed by atoms with Crippen LogP contribution in [-0.2, 0) is 9.53 Å². The Labute approximate surface area is 112 Å². The largest absolute Gasteiger partial charge is 0.468 e. The lowest BCUT2D eigenvalue weighted by molar-refractivity contribution is -0.140. The third-order valence-corrected chi connectivity index (χ3v) is 4.12. The molecule has 1 saturated heterocycles. The van der Waals surface area contributed by atoms with Crippen molar-refractivity contribution in [1.29, 1.82) is 0 Å². The van der Waals surface area contributed by atoms with E-state index in [2.05, 4.69) is 39.6 Å². The van der Waals surface area contributed by atoms with Crippen LogP contribution in [-0.4, -0.2) is 66.5 Å². The number of ether oxygens (including phenoxy) is 1. The molecule has 1 aliphatic heterocycles. The molecular formula is C12H23BrN2O2. The second kappa shape index (κ2) is 7.34. The predicted molar refractivity (Wildman–Crippen MR) is 72.5 cm³/mol. The lowest BCUT2D eigenvalue weighted by Gasteiger charge is -2.26. The molecule has 0 bridgehead atoms. The standard InChI is InChI=1S/C12H23BrN2O2/c1-4-15(5-2)10-6-7-14(8-10)9-11(13)12(16)17-3/h10-11H,4-9H2,1-3H3. The molecule has 0 aromatic rings. The quantitative estimate of drug-likeness (QED) is 0.548. The Kier molecular flexibility index (Phi) is 6.44. The fraction of sp³-hybridized carbons (Fsp3) is 0.917. The van der Waals surface area contributed by atoms with Gasteiger partial charge in [-0.1, -0.05) is 29.8 Å². The van der Waals surface area contributed by atoms with Gasteiger partial charge in [0.2, 0.25) is 0 Å². The molecule has 0 saturated carbocycles. The molecule has 0 radical (unpaired) electrons. The van der Waals surface area contributed by atoms with E-state index in [9.17, 15) is 4.79 Å². The molecular weight excluding hydrogens is 284 g/mol. The monoisotopic (exact) mass is 306 g/mol. The molecule has 0 N–H and O–H groups in total. The number of likely N-dealkylation sites (tertiary alicyclic amines) is 1. The first-order valence-electron chi connectivity index (χ1n) is 6.30. The fourth-order valence-corrected chi connectivity index (χ4v) is 3.04. The maximum atomic E-state index is 11.3. The lowest BCUT2D eigenvalue weighted by Crippen LogP contribution is -2.39. The van der Waals surface area contributed by atoms with Gasteiger partial charge in [0.05, 0.1) is 7.11 Å². The van der Waals surface area contributed by atoms with Gasteiger partial charge in [-0.3, -0.25) is 9.69 Å². The predicted octanol–water partition coefficient (Wildman–Crippen LogP) is 1.34. The van der Waals surface area contributed by atoms with E-state index in [0.717, 1.165) is 32.7 Å². The topological polar surface area (TPSA) is 32.8 Å². The molecule has 5 heteroatoms. The van der Waals surface area contributed by atoms with Crippen LogP contribution in [0.5, 0.6) is 0 Å². The number of methoxy groups -OCH3 is 1. The van der Waals surface area contributed by atoms with Gasteiger partial charge in [-0.05, 0) is 26.1 Å². The van der Waals surface area contributed by atoms with Crippen LogP contribution in [0, 0.1) is 0 Å². The molecule has 1 aliphatic rings. The Morgan fingerprint density at radius 1 is 1.53 bits per heavy atom. The molecule has 0 amide bonds. The first-order valence-corrected chi connectivity index (χ1v) is 7.22. The summed E-state index contributed by atoms with van der Waals surface area (Å²) in [7, 11) is 1.43. The van der Waals surface area contributed by atoms with Crippen molar-refractivity contribution in [1.82, 2.24) is 9.80 Å². The van der Waals surface area contributed by atoms with Crippen LogP contribution in [0.4, 0.5) is 0 Å². The number of carbonyl (C=O) groups is 1. The molecule has 0 aliphatic carbocycles. The maximum Gasteiger partial charge on any atom is 0.320 e. The van der Waals surface area contributed by atoms with E-state index in [0.29, 0.717) is 6.04 Å². The van der Waals surface area contributed by atoms with Gasteiger partial charge in [-0.25, -0.2) is 0 Å². The average molecular weight is 307 g/mol. The highest BCUT2D eigenvalue weighted by Crippen LogP contribution is 2.17. The van der Waals surface area contributed by atoms with Gasteiger partial charge in [0.1, 0.15) is 4.83 Å². The molecule has 0 spiro atoms. The third kappa shape index (κ3) is 4.23. The van der Waals surface area contributed by atoms with Crippen molar-refractivity contribution >= 4 is 21.9 Å².